The van der Waals surface area contributed by atoms with Crippen molar-refractivity contribution < 1.29 is 0 Å². The molecule has 0 fully saturated rings. The second kappa shape index (κ2) is 3.53. The molecule has 0 spiro atoms. The molecule has 0 aliphatic carbocycles. The summed E-state index contributed by atoms with van der Waals surface area (Å²) in [6.07, 6.45) is 0. The highest BCUT2D eigenvalue weighted by Gasteiger charge is 2.17. The van der Waals surface area contributed by atoms with E-state index in [2.05, 4.69) is 51.1 Å². The number of hydrogen-bond acceptors (Lipinski definition) is 0. The molecule has 0 nitrogen and oxygen atoms in total. The smallest absolute Gasteiger partial charge is 0.0449 e. The van der Waals surface area contributed by atoms with E-state index in [1.54, 1.807) is 0 Å². The van der Waals surface area contributed by atoms with E-state index < -0.39 is 0 Å². The molecule has 15 heavy (non-hydrogen) atoms. The molecule has 0 amide bonds. The number of halogens is 1. The Morgan fingerprint density at radius 2 is 1.47 bits per heavy atom. The summed E-state index contributed by atoms with van der Waals surface area (Å²) < 4.78 is 0. The average molecular weight is 219 g/mol. The van der Waals surface area contributed by atoms with Crippen molar-refractivity contribution in [2.75, 3.05) is 0 Å². The number of fused-ring (bicyclic) bond motifs is 1. The molecule has 2 aromatic carbocycles. The number of hydrogen-bond donors (Lipinski definition) is 0. The van der Waals surface area contributed by atoms with E-state index in [-0.39, 0.29) is 5.41 Å². The summed E-state index contributed by atoms with van der Waals surface area (Å²) in [6, 6.07) is 12.6. The quantitative estimate of drug-likeness (QED) is 0.597. The number of rotatable bonds is 0. The molecule has 0 aromatic heterocycles. The van der Waals surface area contributed by atoms with Gasteiger partial charge in [-0.3, -0.25) is 0 Å². The van der Waals surface area contributed by atoms with Crippen molar-refractivity contribution in [3.8, 4) is 0 Å². The van der Waals surface area contributed by atoms with Crippen LogP contribution in [0.2, 0.25) is 5.02 Å². The van der Waals surface area contributed by atoms with Crippen LogP contribution >= 0.6 is 11.6 Å². The first-order valence-corrected chi connectivity index (χ1v) is 5.55. The highest BCUT2D eigenvalue weighted by atomic mass is 35.5. The van der Waals surface area contributed by atoms with Gasteiger partial charge in [0.15, 0.2) is 0 Å². The average Bonchev–Trinajstić information content (AvgIpc) is 2.15. The van der Waals surface area contributed by atoms with Gasteiger partial charge in [-0.1, -0.05) is 56.6 Å². The summed E-state index contributed by atoms with van der Waals surface area (Å²) in [5, 5.41) is 3.32. The molecule has 0 heterocycles. The Bertz CT molecular complexity index is 492. The van der Waals surface area contributed by atoms with Crippen LogP contribution in [0.15, 0.2) is 36.4 Å². The predicted octanol–water partition coefficient (Wildman–Crippen LogP) is 4.79. The van der Waals surface area contributed by atoms with Crippen molar-refractivity contribution in [2.24, 2.45) is 0 Å². The van der Waals surface area contributed by atoms with Crippen molar-refractivity contribution in [1.82, 2.24) is 0 Å². The van der Waals surface area contributed by atoms with E-state index >= 15 is 0 Å². The second-order valence-electron chi connectivity index (χ2n) is 4.93. The lowest BCUT2D eigenvalue weighted by Gasteiger charge is -2.21. The van der Waals surface area contributed by atoms with E-state index in [1.807, 2.05) is 6.07 Å². The third-order valence-corrected chi connectivity index (χ3v) is 2.96. The van der Waals surface area contributed by atoms with Gasteiger partial charge in [0.2, 0.25) is 0 Å². The first kappa shape index (κ1) is 10.5. The van der Waals surface area contributed by atoms with E-state index in [0.717, 1.165) is 5.02 Å². The van der Waals surface area contributed by atoms with Crippen LogP contribution < -0.4 is 0 Å². The molecule has 0 saturated heterocycles. The molecule has 0 atom stereocenters. The van der Waals surface area contributed by atoms with Crippen molar-refractivity contribution in [3.05, 3.63) is 47.0 Å². The molecule has 0 saturated carbocycles. The topological polar surface area (TPSA) is 0 Å². The monoisotopic (exact) mass is 218 g/mol. The zero-order valence-electron chi connectivity index (χ0n) is 9.34. The molecule has 2 rings (SSSR count). The summed E-state index contributed by atoms with van der Waals surface area (Å²) in [4.78, 5) is 0. The van der Waals surface area contributed by atoms with Gasteiger partial charge in [0, 0.05) is 5.02 Å². The molecule has 1 heteroatoms. The molecule has 0 N–H and O–H groups in total. The van der Waals surface area contributed by atoms with Gasteiger partial charge in [0.05, 0.1) is 0 Å². The van der Waals surface area contributed by atoms with Crippen LogP contribution in [0, 0.1) is 0 Å². The van der Waals surface area contributed by atoms with Crippen LogP contribution in [0.4, 0.5) is 0 Å². The zero-order chi connectivity index (χ0) is 11.1. The highest BCUT2D eigenvalue weighted by Crippen LogP contribution is 2.32. The minimum Gasteiger partial charge on any atom is -0.0840 e. The van der Waals surface area contributed by atoms with Crippen LogP contribution in [0.5, 0.6) is 0 Å². The van der Waals surface area contributed by atoms with Gasteiger partial charge in [0.25, 0.3) is 0 Å². The van der Waals surface area contributed by atoms with Gasteiger partial charge in [-0.2, -0.15) is 0 Å². The molecule has 0 aliphatic heterocycles. The fraction of sp³-hybridized carbons (Fsp3) is 0.286. The third-order valence-electron chi connectivity index (χ3n) is 2.64. The molecule has 0 bridgehead atoms. The van der Waals surface area contributed by atoms with Gasteiger partial charge in [-0.05, 0) is 33.9 Å². The molecule has 0 radical (unpaired) electrons. The zero-order valence-corrected chi connectivity index (χ0v) is 10.1. The van der Waals surface area contributed by atoms with Crippen molar-refractivity contribution in [3.63, 3.8) is 0 Å². The van der Waals surface area contributed by atoms with Crippen molar-refractivity contribution >= 4 is 22.4 Å². The molecule has 0 aliphatic rings. The fourth-order valence-corrected chi connectivity index (χ4v) is 2.24. The Morgan fingerprint density at radius 1 is 0.933 bits per heavy atom. The Labute approximate surface area is 95.9 Å². The highest BCUT2D eigenvalue weighted by molar-refractivity contribution is 6.32. The van der Waals surface area contributed by atoms with Crippen LogP contribution in [0.25, 0.3) is 10.8 Å². The van der Waals surface area contributed by atoms with Gasteiger partial charge < -0.3 is 0 Å². The van der Waals surface area contributed by atoms with Crippen molar-refractivity contribution in [1.29, 1.82) is 0 Å². The first-order chi connectivity index (χ1) is 6.98. The SMILES string of the molecule is CC(C)(C)c1cc2ccccc2cc1Cl. The first-order valence-electron chi connectivity index (χ1n) is 5.17. The van der Waals surface area contributed by atoms with Crippen LogP contribution in [0.1, 0.15) is 26.3 Å². The fourth-order valence-electron chi connectivity index (χ4n) is 1.79. The Kier molecular flexibility index (Phi) is 2.47. The van der Waals surface area contributed by atoms with Crippen LogP contribution in [-0.4, -0.2) is 0 Å². The van der Waals surface area contributed by atoms with Crippen molar-refractivity contribution in [2.45, 2.75) is 26.2 Å². The largest absolute Gasteiger partial charge is 0.0840 e. The summed E-state index contributed by atoms with van der Waals surface area (Å²) in [5.41, 5.74) is 1.31. The van der Waals surface area contributed by atoms with Crippen LogP contribution in [0.3, 0.4) is 0 Å². The van der Waals surface area contributed by atoms with E-state index in [4.69, 9.17) is 11.6 Å². The standard InChI is InChI=1S/C14H15Cl/c1-14(2,3)12-8-10-6-4-5-7-11(10)9-13(12)15/h4-9H,1-3H3. The van der Waals surface area contributed by atoms with E-state index in [1.165, 1.54) is 16.3 Å². The molecular formula is C14H15Cl. The number of benzene rings is 2. The van der Waals surface area contributed by atoms with Gasteiger partial charge in [-0.25, -0.2) is 0 Å². The third kappa shape index (κ3) is 2.00. The maximum absolute atomic E-state index is 6.29. The van der Waals surface area contributed by atoms with Crippen LogP contribution in [-0.2, 0) is 5.41 Å². The molecule has 78 valence electrons. The Hall–Kier alpha value is -1.01. The summed E-state index contributed by atoms with van der Waals surface area (Å²) >= 11 is 6.29. The minimum atomic E-state index is 0.0983. The molecule has 0 unspecified atom stereocenters. The summed E-state index contributed by atoms with van der Waals surface area (Å²) in [6.45, 7) is 6.55. The van der Waals surface area contributed by atoms with Gasteiger partial charge >= 0.3 is 0 Å². The normalized spacial score (nSPS) is 12.0. The Balaban J connectivity index is 2.73. The predicted molar refractivity (Wildman–Crippen MR) is 67.7 cm³/mol. The molecule has 2 aromatic rings. The minimum absolute atomic E-state index is 0.0983. The lowest BCUT2D eigenvalue weighted by molar-refractivity contribution is 0.591. The Morgan fingerprint density at radius 3 is 2.00 bits per heavy atom. The molecular weight excluding hydrogens is 204 g/mol. The maximum Gasteiger partial charge on any atom is 0.0449 e. The van der Waals surface area contributed by atoms with Gasteiger partial charge in [0.1, 0.15) is 0 Å². The summed E-state index contributed by atoms with van der Waals surface area (Å²) in [7, 11) is 0. The summed E-state index contributed by atoms with van der Waals surface area (Å²) in [5.74, 6) is 0. The van der Waals surface area contributed by atoms with E-state index in [9.17, 15) is 0 Å². The van der Waals surface area contributed by atoms with E-state index in [0.29, 0.717) is 0 Å². The second-order valence-corrected chi connectivity index (χ2v) is 5.34. The lowest BCUT2D eigenvalue weighted by atomic mass is 9.86. The van der Waals surface area contributed by atoms with Gasteiger partial charge in [-0.15, -0.1) is 0 Å². The lowest BCUT2D eigenvalue weighted by Crippen LogP contribution is -2.11. The maximum atomic E-state index is 6.29.